The molecule has 0 bridgehead atoms. The molecule has 0 saturated heterocycles. The zero-order valence-corrected chi connectivity index (χ0v) is 11.1. The van der Waals surface area contributed by atoms with E-state index in [0.717, 1.165) is 11.1 Å². The summed E-state index contributed by atoms with van der Waals surface area (Å²) in [5.41, 5.74) is 1.95. The van der Waals surface area contributed by atoms with Gasteiger partial charge in [0.05, 0.1) is 5.56 Å². The molecule has 4 heteroatoms. The van der Waals surface area contributed by atoms with Gasteiger partial charge in [0.2, 0.25) is 0 Å². The van der Waals surface area contributed by atoms with Crippen LogP contribution in [0, 0.1) is 6.92 Å². The van der Waals surface area contributed by atoms with E-state index in [1.54, 1.807) is 31.2 Å². The van der Waals surface area contributed by atoms with Crippen LogP contribution in [0.5, 0.6) is 5.75 Å². The Kier molecular flexibility index (Phi) is 4.07. The number of carboxylic acids is 1. The summed E-state index contributed by atoms with van der Waals surface area (Å²) in [7, 11) is 0. The maximum Gasteiger partial charge on any atom is 0.335 e. The first kappa shape index (κ1) is 13.4. The lowest BCUT2D eigenvalue weighted by Gasteiger charge is -2.08. The number of aromatic carboxylic acids is 1. The molecule has 98 valence electrons. The molecular weight excluding hydrogens is 264 g/mol. The Hall–Kier alpha value is -2.00. The van der Waals surface area contributed by atoms with E-state index in [0.29, 0.717) is 22.9 Å². The Balaban J connectivity index is 2.08. The summed E-state index contributed by atoms with van der Waals surface area (Å²) in [4.78, 5) is 10.9. The Labute approximate surface area is 116 Å². The quantitative estimate of drug-likeness (QED) is 0.920. The molecule has 0 spiro atoms. The molecule has 0 atom stereocenters. The fraction of sp³-hybridized carbons (Fsp3) is 0.133. The van der Waals surface area contributed by atoms with Gasteiger partial charge in [-0.15, -0.1) is 0 Å². The largest absolute Gasteiger partial charge is 0.489 e. The minimum Gasteiger partial charge on any atom is -0.489 e. The SMILES string of the molecule is Cc1cc(COc2cccc(Cl)c2)ccc1C(=O)O. The van der Waals surface area contributed by atoms with E-state index in [-0.39, 0.29) is 0 Å². The Morgan fingerprint density at radius 2 is 2.05 bits per heavy atom. The topological polar surface area (TPSA) is 46.5 Å². The molecule has 0 fully saturated rings. The van der Waals surface area contributed by atoms with Gasteiger partial charge in [0.25, 0.3) is 0 Å². The molecule has 0 aliphatic carbocycles. The van der Waals surface area contributed by atoms with Crippen LogP contribution in [0.1, 0.15) is 21.5 Å². The number of carboxylic acid groups (broad SMARTS) is 1. The Bertz CT molecular complexity index is 608. The molecule has 2 aromatic carbocycles. The first-order valence-electron chi connectivity index (χ1n) is 5.77. The van der Waals surface area contributed by atoms with E-state index in [2.05, 4.69) is 0 Å². The molecule has 0 radical (unpaired) electrons. The molecule has 0 heterocycles. The van der Waals surface area contributed by atoms with E-state index >= 15 is 0 Å². The lowest BCUT2D eigenvalue weighted by atomic mass is 10.1. The minimum atomic E-state index is -0.917. The van der Waals surface area contributed by atoms with Gasteiger partial charge < -0.3 is 9.84 Å². The van der Waals surface area contributed by atoms with Gasteiger partial charge in [-0.05, 0) is 42.3 Å². The summed E-state index contributed by atoms with van der Waals surface area (Å²) in [6.45, 7) is 2.15. The van der Waals surface area contributed by atoms with E-state index < -0.39 is 5.97 Å². The third-order valence-corrected chi connectivity index (χ3v) is 2.96. The zero-order valence-electron chi connectivity index (χ0n) is 10.4. The molecule has 1 N–H and O–H groups in total. The van der Waals surface area contributed by atoms with Gasteiger partial charge in [-0.2, -0.15) is 0 Å². The average Bonchev–Trinajstić information content (AvgIpc) is 2.36. The monoisotopic (exact) mass is 276 g/mol. The average molecular weight is 277 g/mol. The van der Waals surface area contributed by atoms with Crippen LogP contribution in [-0.4, -0.2) is 11.1 Å². The first-order chi connectivity index (χ1) is 9.06. The highest BCUT2D eigenvalue weighted by Gasteiger charge is 2.07. The van der Waals surface area contributed by atoms with Gasteiger partial charge in [-0.1, -0.05) is 29.8 Å². The van der Waals surface area contributed by atoms with Crippen molar-refractivity contribution in [2.24, 2.45) is 0 Å². The summed E-state index contributed by atoms with van der Waals surface area (Å²) in [5, 5.41) is 9.57. The van der Waals surface area contributed by atoms with Crippen molar-refractivity contribution in [3.05, 3.63) is 64.2 Å². The second-order valence-corrected chi connectivity index (χ2v) is 4.64. The Morgan fingerprint density at radius 3 is 2.68 bits per heavy atom. The summed E-state index contributed by atoms with van der Waals surface area (Å²) in [6, 6.07) is 12.3. The number of aryl methyl sites for hydroxylation is 1. The molecule has 0 aromatic heterocycles. The highest BCUT2D eigenvalue weighted by atomic mass is 35.5. The smallest absolute Gasteiger partial charge is 0.335 e. The lowest BCUT2D eigenvalue weighted by Crippen LogP contribution is -2.02. The molecular formula is C15H13ClO3. The summed E-state index contributed by atoms with van der Waals surface area (Å²) >= 11 is 5.86. The van der Waals surface area contributed by atoms with Crippen molar-refractivity contribution < 1.29 is 14.6 Å². The highest BCUT2D eigenvalue weighted by molar-refractivity contribution is 6.30. The van der Waals surface area contributed by atoms with Gasteiger partial charge in [-0.25, -0.2) is 4.79 Å². The number of carbonyl (C=O) groups is 1. The molecule has 0 aliphatic heterocycles. The number of hydrogen-bond acceptors (Lipinski definition) is 2. The lowest BCUT2D eigenvalue weighted by molar-refractivity contribution is 0.0696. The number of ether oxygens (including phenoxy) is 1. The van der Waals surface area contributed by atoms with Crippen LogP contribution >= 0.6 is 11.6 Å². The van der Waals surface area contributed by atoms with Crippen LogP contribution in [-0.2, 0) is 6.61 Å². The van der Waals surface area contributed by atoms with Crippen molar-refractivity contribution in [2.75, 3.05) is 0 Å². The van der Waals surface area contributed by atoms with Gasteiger partial charge in [-0.3, -0.25) is 0 Å². The first-order valence-corrected chi connectivity index (χ1v) is 6.15. The molecule has 0 unspecified atom stereocenters. The van der Waals surface area contributed by atoms with Gasteiger partial charge >= 0.3 is 5.97 Å². The van der Waals surface area contributed by atoms with Crippen LogP contribution in [0.2, 0.25) is 5.02 Å². The predicted octanol–water partition coefficient (Wildman–Crippen LogP) is 3.93. The summed E-state index contributed by atoms with van der Waals surface area (Å²) < 4.78 is 5.60. The molecule has 3 nitrogen and oxygen atoms in total. The van der Waals surface area contributed by atoms with Crippen molar-refractivity contribution in [2.45, 2.75) is 13.5 Å². The molecule has 0 aliphatic rings. The second kappa shape index (κ2) is 5.76. The van der Waals surface area contributed by atoms with Gasteiger partial charge in [0.1, 0.15) is 12.4 Å². The third kappa shape index (κ3) is 3.48. The number of benzene rings is 2. The third-order valence-electron chi connectivity index (χ3n) is 2.72. The standard InChI is InChI=1S/C15H13ClO3/c1-10-7-11(5-6-14(10)15(17)18)9-19-13-4-2-3-12(16)8-13/h2-8H,9H2,1H3,(H,17,18). The van der Waals surface area contributed by atoms with Crippen LogP contribution < -0.4 is 4.74 Å². The van der Waals surface area contributed by atoms with Crippen molar-refractivity contribution in [3.8, 4) is 5.75 Å². The van der Waals surface area contributed by atoms with E-state index in [4.69, 9.17) is 21.4 Å². The Morgan fingerprint density at radius 1 is 1.26 bits per heavy atom. The molecule has 2 aromatic rings. The maximum atomic E-state index is 10.9. The van der Waals surface area contributed by atoms with Crippen LogP contribution in [0.3, 0.4) is 0 Å². The van der Waals surface area contributed by atoms with Crippen molar-refractivity contribution >= 4 is 17.6 Å². The number of hydrogen-bond donors (Lipinski definition) is 1. The van der Waals surface area contributed by atoms with E-state index in [1.165, 1.54) is 0 Å². The van der Waals surface area contributed by atoms with Crippen LogP contribution in [0.4, 0.5) is 0 Å². The number of halogens is 1. The van der Waals surface area contributed by atoms with Gasteiger partial charge in [0, 0.05) is 5.02 Å². The van der Waals surface area contributed by atoms with Crippen molar-refractivity contribution in [1.29, 1.82) is 0 Å². The van der Waals surface area contributed by atoms with Crippen LogP contribution in [0.25, 0.3) is 0 Å². The van der Waals surface area contributed by atoms with Gasteiger partial charge in [0.15, 0.2) is 0 Å². The van der Waals surface area contributed by atoms with Crippen molar-refractivity contribution in [1.82, 2.24) is 0 Å². The molecule has 2 rings (SSSR count). The van der Waals surface area contributed by atoms with E-state index in [1.807, 2.05) is 18.2 Å². The fourth-order valence-electron chi connectivity index (χ4n) is 1.78. The fourth-order valence-corrected chi connectivity index (χ4v) is 1.96. The zero-order chi connectivity index (χ0) is 13.8. The summed E-state index contributed by atoms with van der Waals surface area (Å²) in [6.07, 6.45) is 0. The normalized spacial score (nSPS) is 10.2. The van der Waals surface area contributed by atoms with Crippen LogP contribution in [0.15, 0.2) is 42.5 Å². The number of rotatable bonds is 4. The molecule has 19 heavy (non-hydrogen) atoms. The highest BCUT2D eigenvalue weighted by Crippen LogP contribution is 2.19. The second-order valence-electron chi connectivity index (χ2n) is 4.20. The maximum absolute atomic E-state index is 10.9. The molecule has 0 saturated carbocycles. The van der Waals surface area contributed by atoms with Crippen molar-refractivity contribution in [3.63, 3.8) is 0 Å². The minimum absolute atomic E-state index is 0.312. The summed E-state index contributed by atoms with van der Waals surface area (Å²) in [5.74, 6) is -0.229. The van der Waals surface area contributed by atoms with E-state index in [9.17, 15) is 4.79 Å². The molecule has 0 amide bonds. The predicted molar refractivity (Wildman–Crippen MR) is 73.9 cm³/mol.